The summed E-state index contributed by atoms with van der Waals surface area (Å²) in [6.45, 7) is 0.965. The number of nitrogens with one attached hydrogen (secondary N) is 1. The minimum Gasteiger partial charge on any atom is -0.395 e. The first-order valence-corrected chi connectivity index (χ1v) is 7.04. The molecule has 1 saturated heterocycles. The van der Waals surface area contributed by atoms with E-state index in [0.29, 0.717) is 23.9 Å². The van der Waals surface area contributed by atoms with Gasteiger partial charge in [0.1, 0.15) is 6.10 Å². The lowest BCUT2D eigenvalue weighted by molar-refractivity contribution is -0.155. The minimum absolute atomic E-state index is 0.0522. The maximum Gasteiger partial charge on any atom is 0.252 e. The fourth-order valence-electron chi connectivity index (χ4n) is 2.09. The van der Waals surface area contributed by atoms with Crippen LogP contribution in [-0.2, 0) is 14.3 Å². The molecular formula is C14H17ClN2O4. The molecule has 1 aromatic rings. The first-order valence-electron chi connectivity index (χ1n) is 6.67. The molecule has 1 aliphatic rings. The number of amides is 2. The van der Waals surface area contributed by atoms with Gasteiger partial charge in [-0.15, -0.1) is 0 Å². The Morgan fingerprint density at radius 3 is 2.81 bits per heavy atom. The van der Waals surface area contributed by atoms with Crippen LogP contribution in [0, 0.1) is 0 Å². The minimum atomic E-state index is -0.794. The number of ether oxygens (including phenoxy) is 1. The van der Waals surface area contributed by atoms with Crippen molar-refractivity contribution in [3.05, 3.63) is 29.3 Å². The number of rotatable bonds is 5. The van der Waals surface area contributed by atoms with Crippen molar-refractivity contribution in [3.8, 4) is 0 Å². The number of benzene rings is 1. The number of hydrogen-bond donors (Lipinski definition) is 2. The van der Waals surface area contributed by atoms with E-state index in [1.807, 2.05) is 0 Å². The lowest BCUT2D eigenvalue weighted by atomic mass is 10.1. The zero-order valence-corrected chi connectivity index (χ0v) is 12.2. The summed E-state index contributed by atoms with van der Waals surface area (Å²) in [5, 5.41) is 12.2. The number of β-amino-alcohol motifs (C(OH)–C–C–N with tert-alkyl or cyclic N) is 1. The zero-order valence-electron chi connectivity index (χ0n) is 11.4. The van der Waals surface area contributed by atoms with Gasteiger partial charge in [0.25, 0.3) is 5.91 Å². The van der Waals surface area contributed by atoms with Crippen LogP contribution in [0.2, 0.25) is 5.02 Å². The van der Waals surface area contributed by atoms with E-state index in [2.05, 4.69) is 5.32 Å². The molecule has 0 bridgehead atoms. The van der Waals surface area contributed by atoms with Gasteiger partial charge in [0.2, 0.25) is 5.91 Å². The molecule has 2 N–H and O–H groups in total. The van der Waals surface area contributed by atoms with Crippen molar-refractivity contribution < 1.29 is 19.4 Å². The highest BCUT2D eigenvalue weighted by Gasteiger charge is 2.30. The number of carbonyl (C=O) groups is 2. The van der Waals surface area contributed by atoms with E-state index in [0.717, 1.165) is 0 Å². The number of aliphatic hydroxyl groups excluding tert-OH is 1. The molecule has 0 radical (unpaired) electrons. The zero-order chi connectivity index (χ0) is 15.2. The van der Waals surface area contributed by atoms with Gasteiger partial charge in [-0.2, -0.15) is 0 Å². The second-order valence-corrected chi connectivity index (χ2v) is 5.10. The predicted molar refractivity (Wildman–Crippen MR) is 78.1 cm³/mol. The highest BCUT2D eigenvalue weighted by molar-refractivity contribution is 6.30. The lowest BCUT2D eigenvalue weighted by Crippen LogP contribution is -2.49. The summed E-state index contributed by atoms with van der Waals surface area (Å²) >= 11 is 5.77. The molecule has 1 heterocycles. The van der Waals surface area contributed by atoms with Crippen LogP contribution in [0.15, 0.2) is 24.3 Å². The van der Waals surface area contributed by atoms with Crippen LogP contribution >= 0.6 is 11.6 Å². The van der Waals surface area contributed by atoms with Crippen molar-refractivity contribution in [2.45, 2.75) is 12.5 Å². The molecule has 0 saturated carbocycles. The largest absolute Gasteiger partial charge is 0.395 e. The Balaban J connectivity index is 1.89. The maximum atomic E-state index is 12.0. The molecule has 6 nitrogen and oxygen atoms in total. The molecule has 1 aliphatic heterocycles. The van der Waals surface area contributed by atoms with Gasteiger partial charge in [0.05, 0.1) is 19.6 Å². The summed E-state index contributed by atoms with van der Waals surface area (Å²) < 4.78 is 5.34. The Morgan fingerprint density at radius 1 is 1.43 bits per heavy atom. The standard InChI is InChI=1S/C14H17ClN2O4/c15-10-1-3-11(4-2-10)16-13(19)9-12-14(20)17(5-7-18)6-8-21-12/h1-4,12,18H,5-9H2,(H,16,19)/t12-/m1/s1. The molecule has 1 aromatic carbocycles. The highest BCUT2D eigenvalue weighted by atomic mass is 35.5. The number of anilines is 1. The van der Waals surface area contributed by atoms with Crippen molar-refractivity contribution in [2.75, 3.05) is 31.6 Å². The van der Waals surface area contributed by atoms with Crippen LogP contribution in [0.1, 0.15) is 6.42 Å². The molecule has 1 fully saturated rings. The second-order valence-electron chi connectivity index (χ2n) is 4.67. The molecule has 1 atom stereocenters. The monoisotopic (exact) mass is 312 g/mol. The number of aliphatic hydroxyl groups is 1. The molecule has 0 aromatic heterocycles. The third-order valence-corrected chi connectivity index (χ3v) is 3.39. The normalized spacial score (nSPS) is 18.7. The van der Waals surface area contributed by atoms with Gasteiger partial charge >= 0.3 is 0 Å². The van der Waals surface area contributed by atoms with Crippen LogP contribution in [0.3, 0.4) is 0 Å². The smallest absolute Gasteiger partial charge is 0.252 e. The Hall–Kier alpha value is -1.63. The van der Waals surface area contributed by atoms with Gasteiger partial charge in [0, 0.05) is 23.8 Å². The van der Waals surface area contributed by atoms with Crippen molar-refractivity contribution in [2.24, 2.45) is 0 Å². The Bertz CT molecular complexity index is 504. The maximum absolute atomic E-state index is 12.0. The first kappa shape index (κ1) is 15.8. The molecule has 2 rings (SSSR count). The molecular weight excluding hydrogens is 296 g/mol. The third-order valence-electron chi connectivity index (χ3n) is 3.14. The molecule has 0 aliphatic carbocycles. The van der Waals surface area contributed by atoms with Crippen molar-refractivity contribution in [1.82, 2.24) is 4.90 Å². The van der Waals surface area contributed by atoms with E-state index in [1.165, 1.54) is 4.90 Å². The van der Waals surface area contributed by atoms with Crippen molar-refractivity contribution >= 4 is 29.1 Å². The first-order chi connectivity index (χ1) is 10.1. The number of carbonyl (C=O) groups excluding carboxylic acids is 2. The van der Waals surface area contributed by atoms with E-state index in [1.54, 1.807) is 24.3 Å². The average Bonchev–Trinajstić information content (AvgIpc) is 2.46. The van der Waals surface area contributed by atoms with Gasteiger partial charge < -0.3 is 20.1 Å². The number of nitrogens with zero attached hydrogens (tertiary/aromatic N) is 1. The number of halogens is 1. The molecule has 7 heteroatoms. The van der Waals surface area contributed by atoms with Gasteiger partial charge in [-0.1, -0.05) is 11.6 Å². The van der Waals surface area contributed by atoms with Gasteiger partial charge in [-0.3, -0.25) is 9.59 Å². The van der Waals surface area contributed by atoms with E-state index < -0.39 is 6.10 Å². The van der Waals surface area contributed by atoms with Gasteiger partial charge in [-0.05, 0) is 24.3 Å². The van der Waals surface area contributed by atoms with Crippen molar-refractivity contribution in [1.29, 1.82) is 0 Å². The van der Waals surface area contributed by atoms with E-state index in [9.17, 15) is 9.59 Å². The van der Waals surface area contributed by atoms with E-state index in [4.69, 9.17) is 21.4 Å². The van der Waals surface area contributed by atoms with Crippen LogP contribution in [-0.4, -0.2) is 54.2 Å². The molecule has 21 heavy (non-hydrogen) atoms. The fraction of sp³-hybridized carbons (Fsp3) is 0.429. The quantitative estimate of drug-likeness (QED) is 0.846. The number of morpholine rings is 1. The molecule has 114 valence electrons. The summed E-state index contributed by atoms with van der Waals surface area (Å²) in [6.07, 6.45) is -0.846. The average molecular weight is 313 g/mol. The van der Waals surface area contributed by atoms with Gasteiger partial charge in [-0.25, -0.2) is 0 Å². The Labute approximate surface area is 127 Å². The van der Waals surface area contributed by atoms with Crippen LogP contribution < -0.4 is 5.32 Å². The molecule has 2 amide bonds. The van der Waals surface area contributed by atoms with Crippen LogP contribution in [0.5, 0.6) is 0 Å². The second kappa shape index (κ2) is 7.40. The topological polar surface area (TPSA) is 78.9 Å². The summed E-state index contributed by atoms with van der Waals surface area (Å²) in [6, 6.07) is 6.70. The lowest BCUT2D eigenvalue weighted by Gasteiger charge is -2.31. The summed E-state index contributed by atoms with van der Waals surface area (Å²) in [7, 11) is 0. The summed E-state index contributed by atoms with van der Waals surface area (Å²) in [4.78, 5) is 25.5. The predicted octanol–water partition coefficient (Wildman–Crippen LogP) is 0.888. The SMILES string of the molecule is O=C(C[C@H]1OCCN(CCO)C1=O)Nc1ccc(Cl)cc1. The van der Waals surface area contributed by atoms with Crippen LogP contribution in [0.25, 0.3) is 0 Å². The Kier molecular flexibility index (Phi) is 5.55. The van der Waals surface area contributed by atoms with E-state index in [-0.39, 0.29) is 31.4 Å². The molecule has 0 unspecified atom stereocenters. The van der Waals surface area contributed by atoms with Crippen molar-refractivity contribution in [3.63, 3.8) is 0 Å². The number of hydrogen-bond acceptors (Lipinski definition) is 4. The van der Waals surface area contributed by atoms with Gasteiger partial charge in [0.15, 0.2) is 0 Å². The third kappa shape index (κ3) is 4.42. The summed E-state index contributed by atoms with van der Waals surface area (Å²) in [5.74, 6) is -0.567. The molecule has 0 spiro atoms. The fourth-order valence-corrected chi connectivity index (χ4v) is 2.22. The van der Waals surface area contributed by atoms with Crippen LogP contribution in [0.4, 0.5) is 5.69 Å². The van der Waals surface area contributed by atoms with E-state index >= 15 is 0 Å². The Morgan fingerprint density at radius 2 is 2.14 bits per heavy atom. The highest BCUT2D eigenvalue weighted by Crippen LogP contribution is 2.15. The summed E-state index contributed by atoms with van der Waals surface area (Å²) in [5.41, 5.74) is 0.611.